The van der Waals surface area contributed by atoms with Crippen LogP contribution in [0.5, 0.6) is 0 Å². The van der Waals surface area contributed by atoms with Gasteiger partial charge < -0.3 is 5.11 Å². The molecule has 1 atom stereocenters. The van der Waals surface area contributed by atoms with Crippen LogP contribution in [0.4, 0.5) is 0 Å². The first-order valence-corrected chi connectivity index (χ1v) is 5.14. The van der Waals surface area contributed by atoms with E-state index in [1.165, 1.54) is 0 Å². The summed E-state index contributed by atoms with van der Waals surface area (Å²) in [6, 6.07) is 0. The minimum Gasteiger partial charge on any atom is -0.385 e. The van der Waals surface area contributed by atoms with Gasteiger partial charge in [0.05, 0.1) is 0 Å². The molecule has 1 N–H and O–H groups in total. The van der Waals surface area contributed by atoms with Gasteiger partial charge in [0.15, 0.2) is 5.78 Å². The zero-order chi connectivity index (χ0) is 10.1. The van der Waals surface area contributed by atoms with Crippen molar-refractivity contribution in [2.45, 2.75) is 52.6 Å². The molecule has 1 aliphatic carbocycles. The number of carbonyl (C=O) groups excluding carboxylic acids is 1. The summed E-state index contributed by atoms with van der Waals surface area (Å²) >= 11 is 0. The molecular formula is C11H20O2. The maximum atomic E-state index is 11.7. The minimum absolute atomic E-state index is 0.0602. The summed E-state index contributed by atoms with van der Waals surface area (Å²) < 4.78 is 0. The number of aliphatic hydroxyl groups excluding tert-OH is 1. The highest BCUT2D eigenvalue weighted by Gasteiger charge is 2.34. The number of rotatable bonds is 2. The van der Waals surface area contributed by atoms with Crippen molar-refractivity contribution in [3.63, 3.8) is 0 Å². The first-order chi connectivity index (χ1) is 5.93. The number of Topliss-reactive ketones (excluding diaryl/α,β-unsaturated/α-hetero) is 1. The predicted octanol–water partition coefficient (Wildman–Crippen LogP) is 2.15. The van der Waals surface area contributed by atoms with Gasteiger partial charge in [0, 0.05) is 5.92 Å². The second kappa shape index (κ2) is 3.79. The van der Waals surface area contributed by atoms with E-state index in [0.29, 0.717) is 0 Å². The van der Waals surface area contributed by atoms with Crippen molar-refractivity contribution in [3.05, 3.63) is 0 Å². The quantitative estimate of drug-likeness (QED) is 0.714. The topological polar surface area (TPSA) is 37.3 Å². The van der Waals surface area contributed by atoms with Crippen LogP contribution in [-0.2, 0) is 4.79 Å². The molecule has 1 fully saturated rings. The second-order valence-corrected chi connectivity index (χ2v) is 5.15. The van der Waals surface area contributed by atoms with Gasteiger partial charge in [0.2, 0.25) is 0 Å². The van der Waals surface area contributed by atoms with Gasteiger partial charge in [0.25, 0.3) is 0 Å². The van der Waals surface area contributed by atoms with Crippen molar-refractivity contribution < 1.29 is 9.90 Å². The van der Waals surface area contributed by atoms with Crippen LogP contribution in [0.15, 0.2) is 0 Å². The minimum atomic E-state index is -0.782. The van der Waals surface area contributed by atoms with Crippen LogP contribution >= 0.6 is 0 Å². The Kier molecular flexibility index (Phi) is 3.12. The van der Waals surface area contributed by atoms with E-state index in [-0.39, 0.29) is 17.1 Å². The highest BCUT2D eigenvalue weighted by atomic mass is 16.3. The van der Waals surface area contributed by atoms with Gasteiger partial charge in [-0.25, -0.2) is 0 Å². The van der Waals surface area contributed by atoms with E-state index in [2.05, 4.69) is 0 Å². The van der Waals surface area contributed by atoms with E-state index in [9.17, 15) is 9.90 Å². The number of hydrogen-bond acceptors (Lipinski definition) is 2. The Morgan fingerprint density at radius 1 is 1.31 bits per heavy atom. The molecule has 0 amide bonds. The summed E-state index contributed by atoms with van der Waals surface area (Å²) in [7, 11) is 0. The molecule has 76 valence electrons. The number of hydrogen-bond donors (Lipinski definition) is 1. The summed E-state index contributed by atoms with van der Waals surface area (Å²) in [5.41, 5.74) is -0.306. The van der Waals surface area contributed by atoms with Gasteiger partial charge in [-0.3, -0.25) is 4.79 Å². The summed E-state index contributed by atoms with van der Waals surface area (Å²) in [5, 5.41) is 9.77. The molecular weight excluding hydrogens is 164 g/mol. The molecule has 0 aliphatic heterocycles. The van der Waals surface area contributed by atoms with Crippen LogP contribution in [0.1, 0.15) is 46.5 Å². The standard InChI is InChI=1S/C11H20O2/c1-11(2,3)10(13)9(12)8-6-4-5-7-8/h8,10,13H,4-7H2,1-3H3. The Bertz CT molecular complexity index is 185. The molecule has 2 nitrogen and oxygen atoms in total. The fraction of sp³-hybridized carbons (Fsp3) is 0.909. The van der Waals surface area contributed by atoms with Crippen molar-refractivity contribution in [2.75, 3.05) is 0 Å². The molecule has 1 saturated carbocycles. The van der Waals surface area contributed by atoms with Crippen LogP contribution in [0.25, 0.3) is 0 Å². The molecule has 0 aromatic rings. The first kappa shape index (κ1) is 10.7. The normalized spacial score (nSPS) is 21.8. The average molecular weight is 184 g/mol. The van der Waals surface area contributed by atoms with Crippen molar-refractivity contribution in [3.8, 4) is 0 Å². The molecule has 0 radical (unpaired) electrons. The first-order valence-electron chi connectivity index (χ1n) is 5.14. The van der Waals surface area contributed by atoms with Crippen LogP contribution in [0, 0.1) is 11.3 Å². The van der Waals surface area contributed by atoms with E-state index in [1.54, 1.807) is 0 Å². The third-order valence-electron chi connectivity index (χ3n) is 2.85. The maximum Gasteiger partial charge on any atom is 0.164 e. The van der Waals surface area contributed by atoms with E-state index in [4.69, 9.17) is 0 Å². The van der Waals surface area contributed by atoms with Crippen molar-refractivity contribution in [2.24, 2.45) is 11.3 Å². The molecule has 13 heavy (non-hydrogen) atoms. The Labute approximate surface area is 80.3 Å². The molecule has 1 rings (SSSR count). The Morgan fingerprint density at radius 3 is 2.15 bits per heavy atom. The number of ketones is 1. The highest BCUT2D eigenvalue weighted by Crippen LogP contribution is 2.30. The lowest BCUT2D eigenvalue weighted by atomic mass is 9.82. The van der Waals surface area contributed by atoms with Crippen molar-refractivity contribution in [1.29, 1.82) is 0 Å². The summed E-state index contributed by atoms with van der Waals surface area (Å²) in [4.78, 5) is 11.7. The molecule has 2 heteroatoms. The van der Waals surface area contributed by atoms with E-state index in [1.807, 2.05) is 20.8 Å². The van der Waals surface area contributed by atoms with Gasteiger partial charge in [-0.05, 0) is 18.3 Å². The highest BCUT2D eigenvalue weighted by molar-refractivity contribution is 5.86. The Hall–Kier alpha value is -0.370. The molecule has 0 bridgehead atoms. The van der Waals surface area contributed by atoms with Crippen LogP contribution in [0.2, 0.25) is 0 Å². The summed E-state index contributed by atoms with van der Waals surface area (Å²) in [6.45, 7) is 5.72. The molecule has 0 aromatic heterocycles. The van der Waals surface area contributed by atoms with Crippen LogP contribution in [-0.4, -0.2) is 17.0 Å². The molecule has 0 spiro atoms. The lowest BCUT2D eigenvalue weighted by Crippen LogP contribution is -2.37. The zero-order valence-electron chi connectivity index (χ0n) is 8.84. The van der Waals surface area contributed by atoms with E-state index in [0.717, 1.165) is 25.7 Å². The lowest BCUT2D eigenvalue weighted by Gasteiger charge is -2.26. The van der Waals surface area contributed by atoms with Gasteiger partial charge in [-0.2, -0.15) is 0 Å². The Balaban J connectivity index is 2.56. The molecule has 1 unspecified atom stereocenters. The summed E-state index contributed by atoms with van der Waals surface area (Å²) in [6.07, 6.45) is 3.47. The lowest BCUT2D eigenvalue weighted by molar-refractivity contribution is -0.136. The SMILES string of the molecule is CC(C)(C)C(O)C(=O)C1CCCC1. The second-order valence-electron chi connectivity index (χ2n) is 5.15. The van der Waals surface area contributed by atoms with Gasteiger partial charge in [-0.1, -0.05) is 33.6 Å². The van der Waals surface area contributed by atoms with Crippen LogP contribution in [0.3, 0.4) is 0 Å². The smallest absolute Gasteiger partial charge is 0.164 e. The van der Waals surface area contributed by atoms with E-state index < -0.39 is 6.10 Å². The van der Waals surface area contributed by atoms with Crippen molar-refractivity contribution in [1.82, 2.24) is 0 Å². The molecule has 0 saturated heterocycles. The molecule has 0 heterocycles. The third-order valence-corrected chi connectivity index (χ3v) is 2.85. The monoisotopic (exact) mass is 184 g/mol. The summed E-state index contributed by atoms with van der Waals surface area (Å²) in [5.74, 6) is 0.194. The third kappa shape index (κ3) is 2.53. The number of aliphatic hydroxyl groups is 1. The largest absolute Gasteiger partial charge is 0.385 e. The van der Waals surface area contributed by atoms with Crippen molar-refractivity contribution >= 4 is 5.78 Å². The Morgan fingerprint density at radius 2 is 1.77 bits per heavy atom. The van der Waals surface area contributed by atoms with E-state index >= 15 is 0 Å². The van der Waals surface area contributed by atoms with Gasteiger partial charge in [0.1, 0.15) is 6.10 Å². The van der Waals surface area contributed by atoms with Gasteiger partial charge in [-0.15, -0.1) is 0 Å². The number of carbonyl (C=O) groups is 1. The van der Waals surface area contributed by atoms with Gasteiger partial charge >= 0.3 is 0 Å². The maximum absolute atomic E-state index is 11.7. The van der Waals surface area contributed by atoms with Crippen LogP contribution < -0.4 is 0 Å². The fourth-order valence-electron chi connectivity index (χ4n) is 1.86. The fourth-order valence-corrected chi connectivity index (χ4v) is 1.86. The molecule has 1 aliphatic rings. The predicted molar refractivity (Wildman–Crippen MR) is 52.4 cm³/mol. The average Bonchev–Trinajstić information content (AvgIpc) is 2.51. The zero-order valence-corrected chi connectivity index (χ0v) is 8.84. The molecule has 0 aromatic carbocycles.